The van der Waals surface area contributed by atoms with Gasteiger partial charge in [0.15, 0.2) is 0 Å². The zero-order valence-corrected chi connectivity index (χ0v) is 19.1. The molecule has 0 spiro atoms. The van der Waals surface area contributed by atoms with Crippen LogP contribution < -0.4 is 0 Å². The molecule has 164 valence electrons. The summed E-state index contributed by atoms with van der Waals surface area (Å²) in [5.74, 6) is -1.02. The lowest BCUT2D eigenvalue weighted by Gasteiger charge is -2.41. The van der Waals surface area contributed by atoms with Gasteiger partial charge in [-0.05, 0) is 25.7 Å². The first-order chi connectivity index (χ1) is 12.9. The van der Waals surface area contributed by atoms with E-state index in [0.717, 1.165) is 36.5 Å². The molecule has 0 saturated carbocycles. The lowest BCUT2D eigenvalue weighted by molar-refractivity contribution is -0.156. The van der Waals surface area contributed by atoms with E-state index in [-0.39, 0.29) is 23.9 Å². The van der Waals surface area contributed by atoms with Crippen molar-refractivity contribution in [2.45, 2.75) is 88.2 Å². The predicted octanol–water partition coefficient (Wildman–Crippen LogP) is 5.09. The minimum Gasteiger partial charge on any atom is -0.381 e. The Bertz CT molecular complexity index is 654. The van der Waals surface area contributed by atoms with Crippen LogP contribution >= 0.6 is 22.6 Å². The fraction of sp³-hybridized carbons (Fsp3) is 0.889. The van der Waals surface area contributed by atoms with Crippen LogP contribution in [0.4, 0.5) is 13.2 Å². The van der Waals surface area contributed by atoms with Crippen LogP contribution in [0.2, 0.25) is 0 Å². The molecule has 0 aromatic carbocycles. The number of ether oxygens (including phenoxy) is 2. The molecular formula is C18H28F3IO5S. The van der Waals surface area contributed by atoms with E-state index < -0.39 is 27.3 Å². The Kier molecular flexibility index (Phi) is 8.11. The molecule has 2 rings (SSSR count). The van der Waals surface area contributed by atoms with Crippen molar-refractivity contribution >= 4 is 32.7 Å². The highest BCUT2D eigenvalue weighted by Gasteiger charge is 2.52. The van der Waals surface area contributed by atoms with Gasteiger partial charge in [0, 0.05) is 16.8 Å². The van der Waals surface area contributed by atoms with Gasteiger partial charge >= 0.3 is 15.6 Å². The van der Waals surface area contributed by atoms with Crippen molar-refractivity contribution in [2.24, 2.45) is 5.92 Å². The highest BCUT2D eigenvalue weighted by molar-refractivity contribution is 14.1. The van der Waals surface area contributed by atoms with Crippen LogP contribution in [0.15, 0.2) is 12.3 Å². The first-order valence-corrected chi connectivity index (χ1v) is 12.5. The second kappa shape index (κ2) is 9.38. The van der Waals surface area contributed by atoms with Gasteiger partial charge in [0.1, 0.15) is 11.4 Å². The van der Waals surface area contributed by atoms with E-state index >= 15 is 0 Å². The Labute approximate surface area is 178 Å². The van der Waals surface area contributed by atoms with Gasteiger partial charge in [-0.15, -0.1) is 0 Å². The number of hydrogen-bond acceptors (Lipinski definition) is 5. The number of unbranched alkanes of at least 4 members (excludes halogenated alkanes) is 1. The van der Waals surface area contributed by atoms with Crippen LogP contribution in [0.25, 0.3) is 0 Å². The minimum atomic E-state index is -5.69. The van der Waals surface area contributed by atoms with E-state index in [1.54, 1.807) is 6.92 Å². The average Bonchev–Trinajstić information content (AvgIpc) is 2.96. The van der Waals surface area contributed by atoms with Gasteiger partial charge in [0.2, 0.25) is 0 Å². The quantitative estimate of drug-likeness (QED) is 0.134. The van der Waals surface area contributed by atoms with Crippen LogP contribution in [-0.2, 0) is 23.8 Å². The fourth-order valence-electron chi connectivity index (χ4n) is 3.84. The van der Waals surface area contributed by atoms with Gasteiger partial charge in [0.05, 0.1) is 18.3 Å². The number of fused-ring (bicyclic) bond motifs is 1. The standard InChI is InChI=1S/C18H28F3IO5S/c1-4-5-6-15-10-17(11-22)16(25-15)8-7-14(26-17)9-12(2)13(3)27-28(23,24)18(19,20)21/h12,14-16H,3-11H2,1-2H3/t12-,14-,15+,16+,17-/m1/s1. The first kappa shape index (κ1) is 24.2. The normalized spacial score (nSPS) is 32.0. The molecule has 0 unspecified atom stereocenters. The van der Waals surface area contributed by atoms with Gasteiger partial charge in [-0.3, -0.25) is 0 Å². The zero-order valence-electron chi connectivity index (χ0n) is 16.1. The van der Waals surface area contributed by atoms with Crippen LogP contribution in [0, 0.1) is 5.92 Å². The monoisotopic (exact) mass is 540 g/mol. The second-order valence-electron chi connectivity index (χ2n) is 7.69. The molecule has 2 aliphatic heterocycles. The third-order valence-electron chi connectivity index (χ3n) is 5.44. The second-order valence-corrected chi connectivity index (χ2v) is 10.00. The van der Waals surface area contributed by atoms with Crippen molar-refractivity contribution in [1.82, 2.24) is 0 Å². The van der Waals surface area contributed by atoms with Crippen LogP contribution in [0.3, 0.4) is 0 Å². The van der Waals surface area contributed by atoms with Crippen LogP contribution in [0.1, 0.15) is 58.8 Å². The lowest BCUT2D eigenvalue weighted by atomic mass is 9.86. The molecular weight excluding hydrogens is 512 g/mol. The number of rotatable bonds is 9. The van der Waals surface area contributed by atoms with Crippen molar-refractivity contribution in [2.75, 3.05) is 4.43 Å². The highest BCUT2D eigenvalue weighted by atomic mass is 127. The molecule has 2 saturated heterocycles. The maximum Gasteiger partial charge on any atom is 0.534 e. The highest BCUT2D eigenvalue weighted by Crippen LogP contribution is 2.45. The minimum absolute atomic E-state index is 0.0304. The first-order valence-electron chi connectivity index (χ1n) is 9.53. The smallest absolute Gasteiger partial charge is 0.381 e. The molecule has 10 heteroatoms. The molecule has 0 N–H and O–H groups in total. The van der Waals surface area contributed by atoms with Crippen molar-refractivity contribution < 1.29 is 35.2 Å². The maximum atomic E-state index is 12.5. The molecule has 0 aliphatic carbocycles. The van der Waals surface area contributed by atoms with Crippen molar-refractivity contribution in [3.05, 3.63) is 12.3 Å². The van der Waals surface area contributed by atoms with E-state index in [2.05, 4.69) is 40.3 Å². The van der Waals surface area contributed by atoms with Gasteiger partial charge in [-0.1, -0.05) is 55.9 Å². The molecule has 2 fully saturated rings. The molecule has 0 aromatic heterocycles. The molecule has 2 aliphatic rings. The molecule has 0 aromatic rings. The van der Waals surface area contributed by atoms with E-state index in [4.69, 9.17) is 9.47 Å². The molecule has 28 heavy (non-hydrogen) atoms. The maximum absolute atomic E-state index is 12.5. The topological polar surface area (TPSA) is 61.8 Å². The molecule has 5 nitrogen and oxygen atoms in total. The summed E-state index contributed by atoms with van der Waals surface area (Å²) in [4.78, 5) is 0. The van der Waals surface area contributed by atoms with Gasteiger partial charge < -0.3 is 13.7 Å². The van der Waals surface area contributed by atoms with Crippen molar-refractivity contribution in [1.29, 1.82) is 0 Å². The van der Waals surface area contributed by atoms with E-state index in [1.165, 1.54) is 0 Å². The molecule has 2 heterocycles. The van der Waals surface area contributed by atoms with Crippen LogP contribution in [0.5, 0.6) is 0 Å². The zero-order chi connectivity index (χ0) is 21.2. The molecule has 0 bridgehead atoms. The summed E-state index contributed by atoms with van der Waals surface area (Å²) in [6, 6.07) is 0. The number of hydrogen-bond donors (Lipinski definition) is 0. The Morgan fingerprint density at radius 1 is 1.36 bits per heavy atom. The SMILES string of the molecule is C=C(OS(=O)(=O)C(F)(F)F)[C@H](C)C[C@H]1CC[C@@H]2O[C@@H](CCCC)C[C@]2(CI)O1. The molecule has 0 radical (unpaired) electrons. The van der Waals surface area contributed by atoms with Gasteiger partial charge in [0.25, 0.3) is 0 Å². The number of allylic oxidation sites excluding steroid dienone is 1. The summed E-state index contributed by atoms with van der Waals surface area (Å²) < 4.78 is 77.3. The molecule has 0 amide bonds. The van der Waals surface area contributed by atoms with E-state index in [9.17, 15) is 21.6 Å². The third kappa shape index (κ3) is 5.54. The summed E-state index contributed by atoms with van der Waals surface area (Å²) in [5, 5.41) is 0. The van der Waals surface area contributed by atoms with Gasteiger partial charge in [-0.2, -0.15) is 21.6 Å². The summed E-state index contributed by atoms with van der Waals surface area (Å²) in [7, 11) is -5.69. The van der Waals surface area contributed by atoms with Crippen LogP contribution in [-0.4, -0.2) is 42.3 Å². The Hall–Kier alpha value is -0.0700. The largest absolute Gasteiger partial charge is 0.534 e. The lowest BCUT2D eigenvalue weighted by Crippen LogP contribution is -2.50. The Balaban J connectivity index is 1.96. The predicted molar refractivity (Wildman–Crippen MR) is 108 cm³/mol. The van der Waals surface area contributed by atoms with Crippen molar-refractivity contribution in [3.63, 3.8) is 0 Å². The summed E-state index contributed by atoms with van der Waals surface area (Å²) >= 11 is 2.29. The van der Waals surface area contributed by atoms with Crippen molar-refractivity contribution in [3.8, 4) is 0 Å². The Morgan fingerprint density at radius 2 is 2.04 bits per heavy atom. The third-order valence-corrected chi connectivity index (χ3v) is 7.73. The average molecular weight is 540 g/mol. The van der Waals surface area contributed by atoms with E-state index in [1.807, 2.05) is 0 Å². The van der Waals surface area contributed by atoms with E-state index in [0.29, 0.717) is 12.8 Å². The fourth-order valence-corrected chi connectivity index (χ4v) is 5.36. The summed E-state index contributed by atoms with van der Waals surface area (Å²) in [6.45, 7) is 7.12. The molecule has 5 atom stereocenters. The summed E-state index contributed by atoms with van der Waals surface area (Å²) in [5.41, 5.74) is -5.86. The summed E-state index contributed by atoms with van der Waals surface area (Å²) in [6.07, 6.45) is 5.87. The van der Waals surface area contributed by atoms with Gasteiger partial charge in [-0.25, -0.2) is 0 Å². The number of halogens is 4. The Morgan fingerprint density at radius 3 is 2.61 bits per heavy atom. The number of alkyl halides is 4.